The normalized spacial score (nSPS) is 15.3. The molecule has 0 atom stereocenters. The minimum atomic E-state index is 0.0332. The molecule has 1 amide bonds. The van der Waals surface area contributed by atoms with E-state index in [1.54, 1.807) is 18.7 Å². The molecule has 4 rings (SSSR count). The number of nitrogens with zero attached hydrogens (tertiary/aromatic N) is 6. The van der Waals surface area contributed by atoms with Crippen LogP contribution in [0.15, 0.2) is 49.2 Å². The van der Waals surface area contributed by atoms with Crippen LogP contribution in [0.4, 0.5) is 0 Å². The van der Waals surface area contributed by atoms with E-state index in [1.165, 1.54) is 0 Å². The highest BCUT2D eigenvalue weighted by atomic mass is 16.2. The number of hydrogen-bond acceptors (Lipinski definition) is 4. The fraction of sp³-hybridized carbons (Fsp3) is 0.333. The highest BCUT2D eigenvalue weighted by Crippen LogP contribution is 2.24. The number of nitriles is 1. The quantitative estimate of drug-likeness (QED) is 0.643. The molecule has 3 aromatic rings. The van der Waals surface area contributed by atoms with Gasteiger partial charge in [0.1, 0.15) is 12.7 Å². The summed E-state index contributed by atoms with van der Waals surface area (Å²) in [5.41, 5.74) is 2.08. The predicted molar refractivity (Wildman–Crippen MR) is 106 cm³/mol. The number of piperidine rings is 1. The topological polar surface area (TPSA) is 79.7 Å². The SMILES string of the molecule is N#CCCn1cc(/C=C/C(=O)N2CCC(n3cncn3)CC2)c2ccccc21. The molecule has 0 saturated carbocycles. The number of hydrogen-bond donors (Lipinski definition) is 0. The Bertz CT molecular complexity index is 1020. The molecular weight excluding hydrogens is 352 g/mol. The van der Waals surface area contributed by atoms with Crippen molar-refractivity contribution in [2.45, 2.75) is 31.8 Å². The highest BCUT2D eigenvalue weighted by molar-refractivity contribution is 5.96. The lowest BCUT2D eigenvalue weighted by Crippen LogP contribution is -2.38. The molecule has 1 aliphatic heterocycles. The number of aryl methyl sites for hydroxylation is 1. The first-order valence-corrected chi connectivity index (χ1v) is 9.52. The molecule has 0 spiro atoms. The Kier molecular flexibility index (Phi) is 5.20. The van der Waals surface area contributed by atoms with Crippen molar-refractivity contribution in [3.05, 3.63) is 54.8 Å². The number of para-hydroxylation sites is 1. The third-order valence-electron chi connectivity index (χ3n) is 5.28. The Morgan fingerprint density at radius 1 is 1.29 bits per heavy atom. The summed E-state index contributed by atoms with van der Waals surface area (Å²) in [6.45, 7) is 2.09. The molecule has 0 radical (unpaired) electrons. The van der Waals surface area contributed by atoms with Crippen molar-refractivity contribution in [1.82, 2.24) is 24.2 Å². The zero-order chi connectivity index (χ0) is 19.3. The lowest BCUT2D eigenvalue weighted by Gasteiger charge is -2.31. The first kappa shape index (κ1) is 18.0. The van der Waals surface area contributed by atoms with Crippen molar-refractivity contribution in [3.8, 4) is 6.07 Å². The van der Waals surface area contributed by atoms with Gasteiger partial charge in [-0.3, -0.25) is 4.79 Å². The number of aromatic nitrogens is 4. The molecule has 1 aromatic carbocycles. The minimum absolute atomic E-state index is 0.0332. The van der Waals surface area contributed by atoms with Gasteiger partial charge >= 0.3 is 0 Å². The summed E-state index contributed by atoms with van der Waals surface area (Å²) >= 11 is 0. The number of amides is 1. The fourth-order valence-electron chi connectivity index (χ4n) is 3.79. The van der Waals surface area contributed by atoms with Crippen LogP contribution in [0, 0.1) is 11.3 Å². The van der Waals surface area contributed by atoms with E-state index in [0.717, 1.165) is 42.4 Å². The summed E-state index contributed by atoms with van der Waals surface area (Å²) in [6.07, 6.45) is 11.1. The standard InChI is InChI=1S/C21H22N6O/c22-10-3-11-26-14-17(19-4-1-2-5-20(19)26)6-7-21(28)25-12-8-18(9-13-25)27-16-23-15-24-27/h1-2,4-7,14-16,18H,3,8-9,11-13H2/b7-6+. The molecule has 142 valence electrons. The average molecular weight is 374 g/mol. The summed E-state index contributed by atoms with van der Waals surface area (Å²) in [5.74, 6) is 0.0332. The lowest BCUT2D eigenvalue weighted by molar-refractivity contribution is -0.127. The van der Waals surface area contributed by atoms with Gasteiger partial charge in [-0.05, 0) is 25.0 Å². The zero-order valence-corrected chi connectivity index (χ0v) is 15.6. The molecule has 7 heteroatoms. The molecule has 0 N–H and O–H groups in total. The number of likely N-dealkylation sites (tertiary alicyclic amines) is 1. The maximum absolute atomic E-state index is 12.6. The Morgan fingerprint density at radius 3 is 2.86 bits per heavy atom. The van der Waals surface area contributed by atoms with Crippen LogP contribution in [0.5, 0.6) is 0 Å². The van der Waals surface area contributed by atoms with E-state index in [1.807, 2.05) is 46.1 Å². The summed E-state index contributed by atoms with van der Waals surface area (Å²) in [7, 11) is 0. The third-order valence-corrected chi connectivity index (χ3v) is 5.28. The van der Waals surface area contributed by atoms with E-state index >= 15 is 0 Å². The van der Waals surface area contributed by atoms with Gasteiger partial charge in [-0.15, -0.1) is 0 Å². The largest absolute Gasteiger partial charge is 0.346 e. The van der Waals surface area contributed by atoms with Crippen molar-refractivity contribution in [2.75, 3.05) is 13.1 Å². The third kappa shape index (κ3) is 3.67. The second-order valence-electron chi connectivity index (χ2n) is 6.97. The van der Waals surface area contributed by atoms with E-state index in [4.69, 9.17) is 5.26 Å². The fourth-order valence-corrected chi connectivity index (χ4v) is 3.79. The van der Waals surface area contributed by atoms with Gasteiger partial charge < -0.3 is 9.47 Å². The van der Waals surface area contributed by atoms with Gasteiger partial charge in [0.2, 0.25) is 5.91 Å². The van der Waals surface area contributed by atoms with Crippen LogP contribution < -0.4 is 0 Å². The van der Waals surface area contributed by atoms with Crippen molar-refractivity contribution in [2.24, 2.45) is 0 Å². The number of fused-ring (bicyclic) bond motifs is 1. The van der Waals surface area contributed by atoms with E-state index < -0.39 is 0 Å². The van der Waals surface area contributed by atoms with E-state index in [-0.39, 0.29) is 5.91 Å². The number of rotatable bonds is 5. The molecule has 0 unspecified atom stereocenters. The van der Waals surface area contributed by atoms with Crippen LogP contribution in [-0.4, -0.2) is 43.2 Å². The molecule has 0 bridgehead atoms. The lowest BCUT2D eigenvalue weighted by atomic mass is 10.1. The van der Waals surface area contributed by atoms with Gasteiger partial charge in [0.15, 0.2) is 0 Å². The van der Waals surface area contributed by atoms with Crippen LogP contribution >= 0.6 is 0 Å². The van der Waals surface area contributed by atoms with Crippen LogP contribution in [0.1, 0.15) is 30.9 Å². The Labute approximate surface area is 163 Å². The van der Waals surface area contributed by atoms with Crippen LogP contribution in [0.3, 0.4) is 0 Å². The van der Waals surface area contributed by atoms with E-state index in [9.17, 15) is 4.79 Å². The molecule has 1 fully saturated rings. The molecule has 28 heavy (non-hydrogen) atoms. The second-order valence-corrected chi connectivity index (χ2v) is 6.97. The van der Waals surface area contributed by atoms with Gasteiger partial charge in [0.05, 0.1) is 18.5 Å². The number of benzene rings is 1. The van der Waals surface area contributed by atoms with Crippen LogP contribution in [0.2, 0.25) is 0 Å². The second kappa shape index (κ2) is 8.09. The van der Waals surface area contributed by atoms with Gasteiger partial charge in [-0.1, -0.05) is 18.2 Å². The monoisotopic (exact) mass is 374 g/mol. The van der Waals surface area contributed by atoms with Gasteiger partial charge in [0.25, 0.3) is 0 Å². The minimum Gasteiger partial charge on any atom is -0.346 e. The molecule has 1 aliphatic rings. The first-order chi connectivity index (χ1) is 13.8. The molecule has 2 aromatic heterocycles. The van der Waals surface area contributed by atoms with Crippen molar-refractivity contribution < 1.29 is 4.79 Å². The average Bonchev–Trinajstić information content (AvgIpc) is 3.39. The zero-order valence-electron chi connectivity index (χ0n) is 15.6. The van der Waals surface area contributed by atoms with Crippen LogP contribution in [0.25, 0.3) is 17.0 Å². The predicted octanol–water partition coefficient (Wildman–Crippen LogP) is 3.02. The Balaban J connectivity index is 1.44. The highest BCUT2D eigenvalue weighted by Gasteiger charge is 2.23. The summed E-state index contributed by atoms with van der Waals surface area (Å²) in [6, 6.07) is 10.6. The van der Waals surface area contributed by atoms with Crippen molar-refractivity contribution >= 4 is 22.9 Å². The first-order valence-electron chi connectivity index (χ1n) is 9.52. The summed E-state index contributed by atoms with van der Waals surface area (Å²) in [4.78, 5) is 18.5. The van der Waals surface area contributed by atoms with Gasteiger partial charge in [-0.2, -0.15) is 10.4 Å². The van der Waals surface area contributed by atoms with Gasteiger partial charge in [-0.25, -0.2) is 9.67 Å². The Hall–Kier alpha value is -3.40. The maximum Gasteiger partial charge on any atom is 0.246 e. The summed E-state index contributed by atoms with van der Waals surface area (Å²) < 4.78 is 3.96. The molecule has 3 heterocycles. The molecule has 7 nitrogen and oxygen atoms in total. The Morgan fingerprint density at radius 2 is 2.11 bits per heavy atom. The number of carbonyl (C=O) groups excluding carboxylic acids is 1. The van der Waals surface area contributed by atoms with E-state index in [0.29, 0.717) is 19.0 Å². The molecule has 1 saturated heterocycles. The number of carbonyl (C=O) groups is 1. The van der Waals surface area contributed by atoms with Gasteiger partial charge in [0, 0.05) is 48.4 Å². The molecule has 0 aliphatic carbocycles. The van der Waals surface area contributed by atoms with Crippen molar-refractivity contribution in [3.63, 3.8) is 0 Å². The van der Waals surface area contributed by atoms with Crippen LogP contribution in [-0.2, 0) is 11.3 Å². The summed E-state index contributed by atoms with van der Waals surface area (Å²) in [5, 5.41) is 14.2. The molecular formula is C21H22N6O. The maximum atomic E-state index is 12.6. The van der Waals surface area contributed by atoms with Crippen molar-refractivity contribution in [1.29, 1.82) is 5.26 Å². The van der Waals surface area contributed by atoms with E-state index in [2.05, 4.69) is 20.7 Å². The smallest absolute Gasteiger partial charge is 0.246 e.